The summed E-state index contributed by atoms with van der Waals surface area (Å²) in [5.74, 6) is 0. The van der Waals surface area contributed by atoms with E-state index in [9.17, 15) is 0 Å². The molecule has 0 saturated heterocycles. The summed E-state index contributed by atoms with van der Waals surface area (Å²) in [7, 11) is 9.81. The summed E-state index contributed by atoms with van der Waals surface area (Å²) < 4.78 is 0. The molecule has 0 aromatic rings. The second kappa shape index (κ2) is 22.4. The molecule has 7 heteroatoms. The predicted octanol–water partition coefficient (Wildman–Crippen LogP) is 1.08. The van der Waals surface area contributed by atoms with Crippen molar-refractivity contribution in [2.45, 2.75) is 0 Å². The average molecular weight is 248 g/mol. The van der Waals surface area contributed by atoms with Crippen molar-refractivity contribution in [2.24, 2.45) is 0 Å². The van der Waals surface area contributed by atoms with Crippen LogP contribution in [0.25, 0.3) is 0 Å². The van der Waals surface area contributed by atoms with Gasteiger partial charge in [0, 0.05) is 0 Å². The van der Waals surface area contributed by atoms with Gasteiger partial charge in [-0.2, -0.15) is 0 Å². The summed E-state index contributed by atoms with van der Waals surface area (Å²) in [6.45, 7) is 0. The zero-order valence-electron chi connectivity index (χ0n) is 2.93. The smallest absolute Gasteiger partial charge is 0.309 e. The Morgan fingerprint density at radius 3 is 1.14 bits per heavy atom. The summed E-state index contributed by atoms with van der Waals surface area (Å²) in [6, 6.07) is 0. The standard InChI is InChI=1S/2Ca.4ClH.Mg.2H/h;;4*1H;;;/q;+2;;;;;+2;;/p-4. The Hall–Kier alpha value is 4.45. The molecule has 0 aromatic heterocycles. The van der Waals surface area contributed by atoms with Crippen molar-refractivity contribution < 1.29 is 0 Å². The van der Waals surface area contributed by atoms with E-state index < -0.39 is 49.0 Å². The normalized spacial score (nSPS) is 2.86. The Morgan fingerprint density at radius 2 is 1.14 bits per heavy atom. The van der Waals surface area contributed by atoms with Crippen LogP contribution in [0.15, 0.2) is 0 Å². The Bertz CT molecular complexity index is 11.7. The molecular formula is H2Ca2Cl4Mg. The summed E-state index contributed by atoms with van der Waals surface area (Å²) in [6.07, 6.45) is 9.90. The Kier molecular flexibility index (Phi) is 56.1. The van der Waals surface area contributed by atoms with Crippen LogP contribution in [0.2, 0.25) is 0 Å². The SMILES string of the molecule is [CaH2].[Cl][Ca][Cl].[Cl][Mg][Cl]. The molecule has 0 rings (SSSR count). The molecule has 0 saturated carbocycles. The molecule has 0 aliphatic heterocycles. The van der Waals surface area contributed by atoms with Gasteiger partial charge in [0.25, 0.3) is 0 Å². The molecule has 0 aliphatic carbocycles. The first-order valence-electron chi connectivity index (χ1n) is 1.07. The fourth-order valence-electron chi connectivity index (χ4n) is 0. The van der Waals surface area contributed by atoms with Crippen LogP contribution in [-0.4, -0.2) is 86.7 Å². The van der Waals surface area contributed by atoms with E-state index in [2.05, 4.69) is 0 Å². The Morgan fingerprint density at radius 1 is 1.14 bits per heavy atom. The molecular weight excluding hydrogens is 246 g/mol. The molecule has 0 N–H and O–H groups in total. The average Bonchev–Trinajstić information content (AvgIpc) is 1.39. The minimum Gasteiger partial charge on any atom is -0.309 e. The molecule has 0 spiro atoms. The van der Waals surface area contributed by atoms with Gasteiger partial charge < -0.3 is 18.1 Å². The van der Waals surface area contributed by atoms with E-state index in [0.717, 1.165) is 0 Å². The molecule has 0 bridgehead atoms. The third-order valence-electron chi connectivity index (χ3n) is 0. The Labute approximate surface area is 114 Å². The van der Waals surface area contributed by atoms with Crippen LogP contribution >= 0.6 is 30.9 Å². The van der Waals surface area contributed by atoms with Crippen LogP contribution in [0.3, 0.4) is 0 Å². The van der Waals surface area contributed by atoms with Crippen LogP contribution in [0.4, 0.5) is 0 Å². The van der Waals surface area contributed by atoms with E-state index in [0.29, 0.717) is 0 Å². The van der Waals surface area contributed by atoms with E-state index >= 15 is 0 Å². The third kappa shape index (κ3) is 37.7. The topological polar surface area (TPSA) is 0 Å². The van der Waals surface area contributed by atoms with Gasteiger partial charge in [-0.25, -0.2) is 0 Å². The molecule has 0 aromatic carbocycles. The van der Waals surface area contributed by atoms with Crippen molar-refractivity contribution in [3.63, 3.8) is 0 Å². The van der Waals surface area contributed by atoms with Gasteiger partial charge in [0.2, 0.25) is 0 Å². The third-order valence-corrected chi connectivity index (χ3v) is 0. The van der Waals surface area contributed by atoms with E-state index in [1.165, 1.54) is 0 Å². The fourth-order valence-corrected chi connectivity index (χ4v) is 0. The first-order chi connectivity index (χ1) is 2.83. The van der Waals surface area contributed by atoms with Gasteiger partial charge in [0.15, 0.2) is 0 Å². The van der Waals surface area contributed by atoms with Crippen molar-refractivity contribution in [3.8, 4) is 0 Å². The molecule has 0 fully saturated rings. The fraction of sp³-hybridized carbons (Fsp3) is 0. The predicted molar refractivity (Wildman–Crippen MR) is 43.5 cm³/mol. The number of rotatable bonds is 0. The van der Waals surface area contributed by atoms with Crippen molar-refractivity contribution >= 4 is 118 Å². The van der Waals surface area contributed by atoms with Crippen LogP contribution in [0.5, 0.6) is 0 Å². The van der Waals surface area contributed by atoms with Crippen LogP contribution < -0.4 is 0 Å². The molecule has 0 atom stereocenters. The summed E-state index contributed by atoms with van der Waals surface area (Å²) in [4.78, 5) is 0. The summed E-state index contributed by atoms with van der Waals surface area (Å²) in [5, 5.41) is 0. The quantitative estimate of drug-likeness (QED) is 0.563. The maximum atomic E-state index is 4.95. The van der Waals surface area contributed by atoms with E-state index in [-0.39, 0.29) is 37.7 Å². The molecule has 0 nitrogen and oxygen atoms in total. The van der Waals surface area contributed by atoms with Gasteiger partial charge in [0.05, 0.1) is 0 Å². The molecule has 36 valence electrons. The van der Waals surface area contributed by atoms with Crippen LogP contribution in [0.1, 0.15) is 0 Å². The maximum absolute atomic E-state index is 4.95. The molecule has 0 aliphatic rings. The van der Waals surface area contributed by atoms with Gasteiger partial charge in [-0.15, -0.1) is 0 Å². The van der Waals surface area contributed by atoms with Gasteiger partial charge >= 0.3 is 99.5 Å². The maximum Gasteiger partial charge on any atom is 0.618 e. The van der Waals surface area contributed by atoms with Gasteiger partial charge in [0.1, 0.15) is 0 Å². The van der Waals surface area contributed by atoms with E-state index in [1.807, 2.05) is 0 Å². The summed E-state index contributed by atoms with van der Waals surface area (Å²) >= 11 is -1.57. The molecule has 0 amide bonds. The minimum absolute atomic E-state index is 0. The van der Waals surface area contributed by atoms with E-state index in [4.69, 9.17) is 30.9 Å². The molecule has 7 heavy (non-hydrogen) atoms. The van der Waals surface area contributed by atoms with Crippen LogP contribution in [0, 0.1) is 0 Å². The number of hydrogen-bond acceptors (Lipinski definition) is 0. The Balaban J connectivity index is -0.0000000400. The monoisotopic (exact) mass is 246 g/mol. The van der Waals surface area contributed by atoms with Crippen molar-refractivity contribution in [1.29, 1.82) is 0 Å². The van der Waals surface area contributed by atoms with Crippen LogP contribution in [-0.2, 0) is 0 Å². The first-order valence-corrected chi connectivity index (χ1v) is 11.4. The van der Waals surface area contributed by atoms with Crippen molar-refractivity contribution in [2.75, 3.05) is 0 Å². The first kappa shape index (κ1) is 17.5. The van der Waals surface area contributed by atoms with Gasteiger partial charge in [-0.3, -0.25) is 0 Å². The second-order valence-corrected chi connectivity index (χ2v) is 6.48. The van der Waals surface area contributed by atoms with E-state index in [1.54, 1.807) is 0 Å². The zero-order valence-corrected chi connectivity index (χ0v) is 9.57. The summed E-state index contributed by atoms with van der Waals surface area (Å²) in [5.41, 5.74) is 0. The number of halogens is 4. The largest absolute Gasteiger partial charge is 0.618 e. The molecule has 0 radical (unpaired) electrons. The molecule has 0 heterocycles. The zero-order chi connectivity index (χ0) is 5.41. The minimum atomic E-state index is -0.931. The van der Waals surface area contributed by atoms with Gasteiger partial charge in [-0.1, -0.05) is 0 Å². The molecule has 0 unspecified atom stereocenters. The van der Waals surface area contributed by atoms with Crippen molar-refractivity contribution in [3.05, 3.63) is 0 Å². The second-order valence-electron chi connectivity index (χ2n) is 0.202. The number of hydrogen-bond donors (Lipinski definition) is 0. The van der Waals surface area contributed by atoms with Crippen molar-refractivity contribution in [1.82, 2.24) is 0 Å². The van der Waals surface area contributed by atoms with Gasteiger partial charge in [-0.05, 0) is 0 Å².